The Hall–Kier alpha value is -0.120. The number of nitrogens with one attached hydrogen (secondary N) is 1. The molecule has 3 fully saturated rings. The van der Waals surface area contributed by atoms with Crippen molar-refractivity contribution in [1.82, 2.24) is 10.2 Å². The average molecular weight is 294 g/mol. The highest BCUT2D eigenvalue weighted by molar-refractivity contribution is 5.03. The Labute approximate surface area is 130 Å². The molecule has 3 aliphatic rings. The van der Waals surface area contributed by atoms with Crippen molar-refractivity contribution >= 4 is 0 Å². The first kappa shape index (κ1) is 15.8. The standard InChI is InChI=1S/C18H34N2O/c1-14(2)16-12-20(11-15-7-10-17(3,4)21-15)18(13-19-16)8-5-6-9-18/h14-16,19H,5-13H2,1-4H3. The number of hydrogen-bond acceptors (Lipinski definition) is 3. The lowest BCUT2D eigenvalue weighted by atomic mass is 9.88. The normalized spacial score (nSPS) is 35.9. The molecule has 0 radical (unpaired) electrons. The molecule has 2 heterocycles. The van der Waals surface area contributed by atoms with E-state index in [4.69, 9.17) is 4.74 Å². The van der Waals surface area contributed by atoms with E-state index in [1.54, 1.807) is 0 Å². The van der Waals surface area contributed by atoms with Gasteiger partial charge in [0.05, 0.1) is 11.7 Å². The summed E-state index contributed by atoms with van der Waals surface area (Å²) in [4.78, 5) is 2.81. The van der Waals surface area contributed by atoms with Crippen molar-refractivity contribution in [1.29, 1.82) is 0 Å². The first-order valence-electron chi connectivity index (χ1n) is 9.07. The number of ether oxygens (including phenoxy) is 1. The Bertz CT molecular complexity index is 360. The quantitative estimate of drug-likeness (QED) is 0.865. The molecule has 122 valence electrons. The van der Waals surface area contributed by atoms with Crippen molar-refractivity contribution in [3.05, 3.63) is 0 Å². The third-order valence-corrected chi connectivity index (χ3v) is 6.10. The van der Waals surface area contributed by atoms with E-state index >= 15 is 0 Å². The van der Waals surface area contributed by atoms with Gasteiger partial charge in [-0.15, -0.1) is 0 Å². The highest BCUT2D eigenvalue weighted by atomic mass is 16.5. The van der Waals surface area contributed by atoms with Crippen molar-refractivity contribution in [3.8, 4) is 0 Å². The number of piperazine rings is 1. The summed E-state index contributed by atoms with van der Waals surface area (Å²) in [5.74, 6) is 0.715. The maximum absolute atomic E-state index is 6.29. The van der Waals surface area contributed by atoms with Gasteiger partial charge in [-0.1, -0.05) is 26.7 Å². The fourth-order valence-corrected chi connectivity index (χ4v) is 4.62. The zero-order chi connectivity index (χ0) is 15.1. The molecule has 21 heavy (non-hydrogen) atoms. The maximum Gasteiger partial charge on any atom is 0.0710 e. The Balaban J connectivity index is 1.68. The molecule has 3 nitrogen and oxygen atoms in total. The van der Waals surface area contributed by atoms with Crippen LogP contribution in [0.25, 0.3) is 0 Å². The summed E-state index contributed by atoms with van der Waals surface area (Å²) in [5.41, 5.74) is 0.528. The topological polar surface area (TPSA) is 24.5 Å². The molecule has 1 spiro atoms. The molecule has 2 atom stereocenters. The molecule has 3 rings (SSSR count). The van der Waals surface area contributed by atoms with E-state index in [2.05, 4.69) is 37.9 Å². The summed E-state index contributed by atoms with van der Waals surface area (Å²) in [6.07, 6.45) is 8.46. The van der Waals surface area contributed by atoms with Gasteiger partial charge in [0.1, 0.15) is 0 Å². The molecule has 0 aromatic rings. The van der Waals surface area contributed by atoms with Gasteiger partial charge in [-0.05, 0) is 45.4 Å². The zero-order valence-corrected chi connectivity index (χ0v) is 14.5. The third kappa shape index (κ3) is 3.30. The Morgan fingerprint density at radius 3 is 2.48 bits per heavy atom. The van der Waals surface area contributed by atoms with E-state index in [1.165, 1.54) is 51.6 Å². The zero-order valence-electron chi connectivity index (χ0n) is 14.5. The van der Waals surface area contributed by atoms with Crippen LogP contribution in [-0.2, 0) is 4.74 Å². The van der Waals surface area contributed by atoms with Crippen LogP contribution in [0.1, 0.15) is 66.2 Å². The van der Waals surface area contributed by atoms with E-state index < -0.39 is 0 Å². The first-order chi connectivity index (χ1) is 9.90. The predicted molar refractivity (Wildman–Crippen MR) is 87.6 cm³/mol. The van der Waals surface area contributed by atoms with Crippen molar-refractivity contribution in [2.75, 3.05) is 19.6 Å². The second-order valence-corrected chi connectivity index (χ2v) is 8.61. The summed E-state index contributed by atoms with van der Waals surface area (Å²) in [7, 11) is 0. The lowest BCUT2D eigenvalue weighted by Gasteiger charge is -2.50. The molecule has 0 amide bonds. The highest BCUT2D eigenvalue weighted by Gasteiger charge is 2.45. The molecule has 3 heteroatoms. The van der Waals surface area contributed by atoms with E-state index in [0.717, 1.165) is 6.54 Å². The summed E-state index contributed by atoms with van der Waals surface area (Å²) in [6, 6.07) is 0.644. The van der Waals surface area contributed by atoms with Gasteiger partial charge in [0.2, 0.25) is 0 Å². The lowest BCUT2D eigenvalue weighted by Crippen LogP contribution is -2.65. The Morgan fingerprint density at radius 1 is 1.19 bits per heavy atom. The van der Waals surface area contributed by atoms with Crippen LogP contribution in [-0.4, -0.2) is 47.8 Å². The summed E-state index contributed by atoms with van der Waals surface area (Å²) >= 11 is 0. The minimum Gasteiger partial charge on any atom is -0.371 e. The van der Waals surface area contributed by atoms with Crippen LogP contribution < -0.4 is 5.32 Å². The third-order valence-electron chi connectivity index (χ3n) is 6.10. The van der Waals surface area contributed by atoms with Crippen LogP contribution in [0, 0.1) is 5.92 Å². The van der Waals surface area contributed by atoms with Gasteiger partial charge >= 0.3 is 0 Å². The van der Waals surface area contributed by atoms with E-state index in [-0.39, 0.29) is 5.60 Å². The molecular weight excluding hydrogens is 260 g/mol. The number of rotatable bonds is 3. The van der Waals surface area contributed by atoms with Gasteiger partial charge < -0.3 is 10.1 Å². The predicted octanol–water partition coefficient (Wildman–Crippen LogP) is 3.19. The molecule has 0 aromatic heterocycles. The van der Waals surface area contributed by atoms with Gasteiger partial charge in [-0.3, -0.25) is 4.90 Å². The fraction of sp³-hybridized carbons (Fsp3) is 1.00. The van der Waals surface area contributed by atoms with Crippen LogP contribution in [0.4, 0.5) is 0 Å². The fourth-order valence-electron chi connectivity index (χ4n) is 4.62. The summed E-state index contributed by atoms with van der Waals surface area (Å²) in [5, 5.41) is 3.84. The molecule has 1 N–H and O–H groups in total. The molecule has 0 aromatic carbocycles. The molecule has 1 saturated carbocycles. The van der Waals surface area contributed by atoms with Crippen molar-refractivity contribution in [3.63, 3.8) is 0 Å². The minimum atomic E-state index is 0.0962. The second kappa shape index (κ2) is 5.82. The Kier molecular flexibility index (Phi) is 4.37. The lowest BCUT2D eigenvalue weighted by molar-refractivity contribution is -0.0569. The molecule has 2 unspecified atom stereocenters. The largest absolute Gasteiger partial charge is 0.371 e. The van der Waals surface area contributed by atoms with Crippen LogP contribution in [0.15, 0.2) is 0 Å². The number of hydrogen-bond donors (Lipinski definition) is 1. The average Bonchev–Trinajstić information content (AvgIpc) is 3.00. The van der Waals surface area contributed by atoms with Crippen molar-refractivity contribution in [2.24, 2.45) is 5.92 Å². The smallest absolute Gasteiger partial charge is 0.0710 e. The van der Waals surface area contributed by atoms with Crippen molar-refractivity contribution < 1.29 is 4.74 Å². The summed E-state index contributed by atoms with van der Waals surface area (Å²) in [6.45, 7) is 12.7. The maximum atomic E-state index is 6.29. The Morgan fingerprint density at radius 2 is 1.90 bits per heavy atom. The van der Waals surface area contributed by atoms with E-state index in [0.29, 0.717) is 23.6 Å². The first-order valence-corrected chi connectivity index (χ1v) is 9.07. The van der Waals surface area contributed by atoms with Gasteiger partial charge in [-0.2, -0.15) is 0 Å². The van der Waals surface area contributed by atoms with E-state index in [9.17, 15) is 0 Å². The van der Waals surface area contributed by atoms with Crippen LogP contribution in [0.3, 0.4) is 0 Å². The van der Waals surface area contributed by atoms with Crippen molar-refractivity contribution in [2.45, 2.75) is 89.5 Å². The number of nitrogens with zero attached hydrogens (tertiary/aromatic N) is 1. The summed E-state index contributed by atoms with van der Waals surface area (Å²) < 4.78 is 6.29. The molecular formula is C18H34N2O. The molecule has 1 aliphatic carbocycles. The van der Waals surface area contributed by atoms with Crippen LogP contribution >= 0.6 is 0 Å². The second-order valence-electron chi connectivity index (χ2n) is 8.61. The molecule has 2 saturated heterocycles. The molecule has 0 bridgehead atoms. The van der Waals surface area contributed by atoms with E-state index in [1.807, 2.05) is 0 Å². The molecule has 2 aliphatic heterocycles. The van der Waals surface area contributed by atoms with Gasteiger partial charge in [0.25, 0.3) is 0 Å². The van der Waals surface area contributed by atoms with Crippen LogP contribution in [0.5, 0.6) is 0 Å². The minimum absolute atomic E-state index is 0.0962. The monoisotopic (exact) mass is 294 g/mol. The van der Waals surface area contributed by atoms with Crippen LogP contribution in [0.2, 0.25) is 0 Å². The highest BCUT2D eigenvalue weighted by Crippen LogP contribution is 2.39. The van der Waals surface area contributed by atoms with Gasteiger partial charge in [0, 0.05) is 31.2 Å². The van der Waals surface area contributed by atoms with Gasteiger partial charge in [0.15, 0.2) is 0 Å². The van der Waals surface area contributed by atoms with Gasteiger partial charge in [-0.25, -0.2) is 0 Å². The SMILES string of the molecule is CC(C)C1CN(CC2CCC(C)(C)O2)C2(CCCC2)CN1.